The van der Waals surface area contributed by atoms with E-state index < -0.39 is 0 Å². The summed E-state index contributed by atoms with van der Waals surface area (Å²) in [6, 6.07) is 3.68. The number of aromatic nitrogens is 2. The zero-order valence-electron chi connectivity index (χ0n) is 11.6. The summed E-state index contributed by atoms with van der Waals surface area (Å²) in [6.07, 6.45) is 3.36. The first kappa shape index (κ1) is 15.2. The Morgan fingerprint density at radius 1 is 1.43 bits per heavy atom. The molecule has 0 saturated carbocycles. The zero-order valence-corrected chi connectivity index (χ0v) is 12.4. The van der Waals surface area contributed by atoms with Crippen LogP contribution in [0.3, 0.4) is 0 Å². The van der Waals surface area contributed by atoms with Gasteiger partial charge in [-0.25, -0.2) is 4.98 Å². The van der Waals surface area contributed by atoms with Crippen LogP contribution >= 0.6 is 11.3 Å². The van der Waals surface area contributed by atoms with Gasteiger partial charge in [-0.05, 0) is 17.7 Å². The number of nitrogens with two attached hydrogens (primary N) is 1. The van der Waals surface area contributed by atoms with Crippen LogP contribution in [-0.2, 0) is 11.3 Å². The van der Waals surface area contributed by atoms with Crippen molar-refractivity contribution >= 4 is 28.2 Å². The van der Waals surface area contributed by atoms with Gasteiger partial charge in [0.2, 0.25) is 0 Å². The number of nitrogen functional groups attached to an aromatic ring is 1. The third-order valence-electron chi connectivity index (χ3n) is 2.64. The first-order valence-electron chi connectivity index (χ1n) is 6.37. The van der Waals surface area contributed by atoms with Crippen LogP contribution in [0, 0.1) is 0 Å². The summed E-state index contributed by atoms with van der Waals surface area (Å²) >= 11 is 1.23. The van der Waals surface area contributed by atoms with Crippen molar-refractivity contribution in [2.45, 2.75) is 6.54 Å². The standard InChI is InChI=1S/C13H17N5O2S/c1-20-7-6-16-13-18-11(14)10(21-13)12(19)17-8-9-2-4-15-5-3-9/h2-5H,6-8,14H2,1H3,(H,16,18)(H,17,19). The van der Waals surface area contributed by atoms with E-state index >= 15 is 0 Å². The Morgan fingerprint density at radius 2 is 2.19 bits per heavy atom. The first-order valence-corrected chi connectivity index (χ1v) is 7.18. The van der Waals surface area contributed by atoms with Crippen LogP contribution in [-0.4, -0.2) is 36.1 Å². The van der Waals surface area contributed by atoms with E-state index in [2.05, 4.69) is 20.6 Å². The highest BCUT2D eigenvalue weighted by molar-refractivity contribution is 7.18. The molecular formula is C13H17N5O2S. The van der Waals surface area contributed by atoms with E-state index in [9.17, 15) is 4.79 Å². The highest BCUT2D eigenvalue weighted by Crippen LogP contribution is 2.24. The molecule has 2 heterocycles. The predicted molar refractivity (Wildman–Crippen MR) is 82.3 cm³/mol. The van der Waals surface area contributed by atoms with Crippen LogP contribution in [0.5, 0.6) is 0 Å². The second kappa shape index (κ2) is 7.55. The van der Waals surface area contributed by atoms with E-state index in [1.165, 1.54) is 11.3 Å². The molecule has 2 rings (SSSR count). The number of hydrogen-bond acceptors (Lipinski definition) is 7. The van der Waals surface area contributed by atoms with E-state index in [1.54, 1.807) is 19.5 Å². The van der Waals surface area contributed by atoms with Crippen molar-refractivity contribution in [3.05, 3.63) is 35.0 Å². The van der Waals surface area contributed by atoms with Gasteiger partial charge in [-0.15, -0.1) is 0 Å². The number of hydrogen-bond donors (Lipinski definition) is 3. The summed E-state index contributed by atoms with van der Waals surface area (Å²) in [5, 5.41) is 6.47. The average molecular weight is 307 g/mol. The van der Waals surface area contributed by atoms with Crippen LogP contribution in [0.15, 0.2) is 24.5 Å². The molecule has 0 aliphatic rings. The number of amides is 1. The molecule has 4 N–H and O–H groups in total. The summed E-state index contributed by atoms with van der Waals surface area (Å²) in [5.74, 6) is -0.00579. The summed E-state index contributed by atoms with van der Waals surface area (Å²) in [5.41, 5.74) is 6.74. The molecule has 0 unspecified atom stereocenters. The number of methoxy groups -OCH3 is 1. The van der Waals surface area contributed by atoms with Gasteiger partial charge in [0.25, 0.3) is 5.91 Å². The van der Waals surface area contributed by atoms with Crippen molar-refractivity contribution in [2.24, 2.45) is 0 Å². The SMILES string of the molecule is COCCNc1nc(N)c(C(=O)NCc2ccncc2)s1. The van der Waals surface area contributed by atoms with E-state index in [4.69, 9.17) is 10.5 Å². The minimum absolute atomic E-state index is 0.229. The molecule has 0 aliphatic carbocycles. The smallest absolute Gasteiger partial charge is 0.265 e. The van der Waals surface area contributed by atoms with Gasteiger partial charge < -0.3 is 21.1 Å². The molecule has 0 saturated heterocycles. The van der Waals surface area contributed by atoms with Gasteiger partial charge in [0.15, 0.2) is 5.13 Å². The van der Waals surface area contributed by atoms with Gasteiger partial charge >= 0.3 is 0 Å². The molecule has 0 bridgehead atoms. The third kappa shape index (κ3) is 4.40. The van der Waals surface area contributed by atoms with Crippen molar-refractivity contribution in [3.8, 4) is 0 Å². The van der Waals surface area contributed by atoms with Crippen LogP contribution < -0.4 is 16.4 Å². The van der Waals surface area contributed by atoms with Crippen molar-refractivity contribution in [1.82, 2.24) is 15.3 Å². The zero-order chi connectivity index (χ0) is 15.1. The highest BCUT2D eigenvalue weighted by Gasteiger charge is 2.15. The topological polar surface area (TPSA) is 102 Å². The van der Waals surface area contributed by atoms with Crippen LogP contribution in [0.25, 0.3) is 0 Å². The van der Waals surface area contributed by atoms with Crippen LogP contribution in [0.2, 0.25) is 0 Å². The molecule has 2 aromatic heterocycles. The lowest BCUT2D eigenvalue weighted by Crippen LogP contribution is -2.22. The molecular weight excluding hydrogens is 290 g/mol. The quantitative estimate of drug-likeness (QED) is 0.662. The number of thiazole rings is 1. The van der Waals surface area contributed by atoms with E-state index in [0.717, 1.165) is 5.56 Å². The monoisotopic (exact) mass is 307 g/mol. The fraction of sp³-hybridized carbons (Fsp3) is 0.308. The molecule has 0 radical (unpaired) electrons. The highest BCUT2D eigenvalue weighted by atomic mass is 32.1. The molecule has 0 spiro atoms. The van der Waals surface area contributed by atoms with Gasteiger partial charge in [-0.1, -0.05) is 11.3 Å². The Bertz CT molecular complexity index is 588. The third-order valence-corrected chi connectivity index (χ3v) is 3.67. The molecule has 112 valence electrons. The van der Waals surface area contributed by atoms with E-state index in [-0.39, 0.29) is 11.7 Å². The molecule has 0 atom stereocenters. The van der Waals surface area contributed by atoms with Gasteiger partial charge in [0, 0.05) is 32.6 Å². The van der Waals surface area contributed by atoms with Crippen molar-refractivity contribution < 1.29 is 9.53 Å². The second-order valence-electron chi connectivity index (χ2n) is 4.19. The number of nitrogens with zero attached hydrogens (tertiary/aromatic N) is 2. The van der Waals surface area contributed by atoms with Crippen LogP contribution in [0.4, 0.5) is 10.9 Å². The predicted octanol–water partition coefficient (Wildman–Crippen LogP) is 1.11. The van der Waals surface area contributed by atoms with E-state index in [0.29, 0.717) is 29.7 Å². The average Bonchev–Trinajstić information content (AvgIpc) is 2.87. The Kier molecular flexibility index (Phi) is 5.47. The van der Waals surface area contributed by atoms with Gasteiger partial charge in [-0.2, -0.15) is 0 Å². The molecule has 0 aromatic carbocycles. The Morgan fingerprint density at radius 3 is 2.90 bits per heavy atom. The lowest BCUT2D eigenvalue weighted by atomic mass is 10.3. The lowest BCUT2D eigenvalue weighted by Gasteiger charge is -2.03. The fourth-order valence-electron chi connectivity index (χ4n) is 1.59. The summed E-state index contributed by atoms with van der Waals surface area (Å²) < 4.78 is 4.93. The molecule has 0 fully saturated rings. The Hall–Kier alpha value is -2.19. The first-order chi connectivity index (χ1) is 10.2. The summed E-state index contributed by atoms with van der Waals surface area (Å²) in [6.45, 7) is 1.59. The molecule has 0 aliphatic heterocycles. The second-order valence-corrected chi connectivity index (χ2v) is 5.19. The molecule has 21 heavy (non-hydrogen) atoms. The number of ether oxygens (including phenoxy) is 1. The summed E-state index contributed by atoms with van der Waals surface area (Å²) in [4.78, 5) is 20.5. The Labute approximate surface area is 126 Å². The number of rotatable bonds is 7. The maximum atomic E-state index is 12.1. The molecule has 7 nitrogen and oxygen atoms in total. The molecule has 8 heteroatoms. The molecule has 2 aromatic rings. The fourth-order valence-corrected chi connectivity index (χ4v) is 2.42. The van der Waals surface area contributed by atoms with E-state index in [1.807, 2.05) is 12.1 Å². The largest absolute Gasteiger partial charge is 0.383 e. The van der Waals surface area contributed by atoms with Crippen molar-refractivity contribution in [3.63, 3.8) is 0 Å². The normalized spacial score (nSPS) is 10.3. The maximum absolute atomic E-state index is 12.1. The number of carbonyl (C=O) groups excluding carboxylic acids is 1. The number of anilines is 2. The van der Waals surface area contributed by atoms with Gasteiger partial charge in [-0.3, -0.25) is 9.78 Å². The van der Waals surface area contributed by atoms with Crippen LogP contribution in [0.1, 0.15) is 15.2 Å². The number of nitrogens with one attached hydrogen (secondary N) is 2. The van der Waals surface area contributed by atoms with Crippen molar-refractivity contribution in [1.29, 1.82) is 0 Å². The number of pyridine rings is 1. The molecule has 1 amide bonds. The lowest BCUT2D eigenvalue weighted by molar-refractivity contribution is 0.0955. The van der Waals surface area contributed by atoms with Gasteiger partial charge in [0.1, 0.15) is 10.7 Å². The Balaban J connectivity index is 1.92. The minimum atomic E-state index is -0.235. The minimum Gasteiger partial charge on any atom is -0.383 e. The van der Waals surface area contributed by atoms with Crippen molar-refractivity contribution in [2.75, 3.05) is 31.3 Å². The van der Waals surface area contributed by atoms with Gasteiger partial charge in [0.05, 0.1) is 6.61 Å². The maximum Gasteiger partial charge on any atom is 0.265 e. The summed E-state index contributed by atoms with van der Waals surface area (Å²) in [7, 11) is 1.62. The number of carbonyl (C=O) groups is 1.